The van der Waals surface area contributed by atoms with Crippen molar-refractivity contribution in [2.24, 2.45) is 0 Å². The summed E-state index contributed by atoms with van der Waals surface area (Å²) < 4.78 is 5.69. The van der Waals surface area contributed by atoms with Crippen molar-refractivity contribution in [1.82, 2.24) is 10.2 Å². The van der Waals surface area contributed by atoms with Crippen molar-refractivity contribution in [3.63, 3.8) is 0 Å². The number of aromatic nitrogens is 2. The minimum absolute atomic E-state index is 0.0643. The van der Waals surface area contributed by atoms with Gasteiger partial charge < -0.3 is 9.32 Å². The van der Waals surface area contributed by atoms with Crippen LogP contribution in [-0.2, 0) is 11.2 Å². The summed E-state index contributed by atoms with van der Waals surface area (Å²) in [5, 5.41) is 8.24. The lowest BCUT2D eigenvalue weighted by molar-refractivity contribution is -0.117. The first-order valence-corrected chi connectivity index (χ1v) is 9.05. The third-order valence-electron chi connectivity index (χ3n) is 4.21. The molecule has 0 spiro atoms. The number of benzene rings is 2. The molecule has 0 saturated heterocycles. The van der Waals surface area contributed by atoms with Gasteiger partial charge in [0.15, 0.2) is 0 Å². The van der Waals surface area contributed by atoms with E-state index in [2.05, 4.69) is 16.3 Å². The summed E-state index contributed by atoms with van der Waals surface area (Å²) in [6, 6.07) is 17.6. The Morgan fingerprint density at radius 1 is 1.12 bits per heavy atom. The van der Waals surface area contributed by atoms with Crippen LogP contribution in [0.3, 0.4) is 0 Å². The number of thioether (sulfide) groups is 1. The van der Waals surface area contributed by atoms with E-state index in [9.17, 15) is 4.79 Å². The zero-order valence-electron chi connectivity index (χ0n) is 13.8. The van der Waals surface area contributed by atoms with Gasteiger partial charge in [0, 0.05) is 17.8 Å². The molecule has 6 heteroatoms. The van der Waals surface area contributed by atoms with Crippen LogP contribution in [0.25, 0.3) is 11.5 Å². The molecule has 126 valence electrons. The fraction of sp³-hybridized carbons (Fsp3) is 0.211. The Bertz CT molecular complexity index is 894. The fourth-order valence-electron chi connectivity index (χ4n) is 2.94. The van der Waals surface area contributed by atoms with Crippen molar-refractivity contribution >= 4 is 23.4 Å². The third kappa shape index (κ3) is 3.17. The van der Waals surface area contributed by atoms with Crippen LogP contribution in [0, 0.1) is 0 Å². The molecule has 0 N–H and O–H groups in total. The highest BCUT2D eigenvalue weighted by Gasteiger charge is 2.29. The highest BCUT2D eigenvalue weighted by Crippen LogP contribution is 2.32. The Morgan fingerprint density at radius 3 is 2.72 bits per heavy atom. The predicted octanol–water partition coefficient (Wildman–Crippen LogP) is 3.81. The first-order valence-electron chi connectivity index (χ1n) is 8.17. The van der Waals surface area contributed by atoms with Crippen molar-refractivity contribution in [2.75, 3.05) is 11.4 Å². The van der Waals surface area contributed by atoms with Gasteiger partial charge in [-0.3, -0.25) is 4.79 Å². The predicted molar refractivity (Wildman–Crippen MR) is 97.6 cm³/mol. The van der Waals surface area contributed by atoms with Gasteiger partial charge in [0.25, 0.3) is 5.22 Å². The van der Waals surface area contributed by atoms with Crippen molar-refractivity contribution in [1.29, 1.82) is 0 Å². The molecule has 0 saturated carbocycles. The Kier molecular flexibility index (Phi) is 4.28. The lowest BCUT2D eigenvalue weighted by Crippen LogP contribution is -2.35. The van der Waals surface area contributed by atoms with E-state index in [1.165, 1.54) is 17.3 Å². The maximum absolute atomic E-state index is 12.8. The highest BCUT2D eigenvalue weighted by atomic mass is 32.2. The van der Waals surface area contributed by atoms with Gasteiger partial charge in [0.2, 0.25) is 11.8 Å². The van der Waals surface area contributed by atoms with Gasteiger partial charge in [-0.15, -0.1) is 10.2 Å². The largest absolute Gasteiger partial charge is 0.411 e. The number of fused-ring (bicyclic) bond motifs is 1. The zero-order valence-corrected chi connectivity index (χ0v) is 14.6. The zero-order chi connectivity index (χ0) is 17.2. The van der Waals surface area contributed by atoms with Crippen molar-refractivity contribution in [2.45, 2.75) is 23.8 Å². The molecule has 0 aliphatic carbocycles. The van der Waals surface area contributed by atoms with Gasteiger partial charge in [0.05, 0.1) is 5.25 Å². The normalized spacial score (nSPS) is 14.4. The molecule has 1 atom stereocenters. The van der Waals surface area contributed by atoms with Crippen LogP contribution in [0.2, 0.25) is 0 Å². The number of nitrogens with zero attached hydrogens (tertiary/aromatic N) is 3. The molecule has 1 aromatic heterocycles. The Balaban J connectivity index is 1.47. The Hall–Kier alpha value is -2.60. The van der Waals surface area contributed by atoms with Crippen molar-refractivity contribution < 1.29 is 9.21 Å². The number of carbonyl (C=O) groups is 1. The van der Waals surface area contributed by atoms with E-state index >= 15 is 0 Å². The first-order chi connectivity index (χ1) is 12.2. The molecule has 1 amide bonds. The average Bonchev–Trinajstić information content (AvgIpc) is 3.29. The smallest absolute Gasteiger partial charge is 0.277 e. The number of hydrogen-bond donors (Lipinski definition) is 0. The van der Waals surface area contributed by atoms with Crippen LogP contribution in [-0.4, -0.2) is 27.9 Å². The second-order valence-corrected chi connectivity index (χ2v) is 7.16. The fourth-order valence-corrected chi connectivity index (χ4v) is 3.69. The van der Waals surface area contributed by atoms with Gasteiger partial charge in [-0.05, 0) is 37.1 Å². The van der Waals surface area contributed by atoms with Crippen LogP contribution >= 0.6 is 11.8 Å². The minimum Gasteiger partial charge on any atom is -0.411 e. The van der Waals surface area contributed by atoms with E-state index in [0.717, 1.165) is 24.2 Å². The van der Waals surface area contributed by atoms with Crippen LogP contribution in [0.5, 0.6) is 0 Å². The molecule has 5 nitrogen and oxygen atoms in total. The molecule has 3 aromatic rings. The van der Waals surface area contributed by atoms with Crippen LogP contribution in [0.4, 0.5) is 5.69 Å². The molecule has 0 bridgehead atoms. The van der Waals surface area contributed by atoms with E-state index in [-0.39, 0.29) is 11.2 Å². The summed E-state index contributed by atoms with van der Waals surface area (Å²) >= 11 is 1.30. The van der Waals surface area contributed by atoms with E-state index in [4.69, 9.17) is 4.42 Å². The summed E-state index contributed by atoms with van der Waals surface area (Å²) in [4.78, 5) is 14.7. The number of carbonyl (C=O) groups excluding carboxylic acids is 1. The first kappa shape index (κ1) is 15.9. The molecule has 0 fully saturated rings. The topological polar surface area (TPSA) is 59.2 Å². The number of anilines is 1. The maximum Gasteiger partial charge on any atom is 0.277 e. The highest BCUT2D eigenvalue weighted by molar-refractivity contribution is 8.00. The van der Waals surface area contributed by atoms with E-state index in [1.54, 1.807) is 0 Å². The van der Waals surface area contributed by atoms with Gasteiger partial charge in [-0.1, -0.05) is 48.2 Å². The SMILES string of the molecule is C[C@@H](Sc1nnc(-c2ccccc2)o1)C(=O)N1CCc2ccccc21. The summed E-state index contributed by atoms with van der Waals surface area (Å²) in [6.07, 6.45) is 0.901. The number of para-hydroxylation sites is 1. The van der Waals surface area contributed by atoms with Crippen LogP contribution < -0.4 is 4.90 Å². The molecule has 2 aromatic carbocycles. The molecular weight excluding hydrogens is 334 g/mol. The molecule has 2 heterocycles. The van der Waals surface area contributed by atoms with Crippen LogP contribution in [0.15, 0.2) is 64.2 Å². The maximum atomic E-state index is 12.8. The third-order valence-corrected chi connectivity index (χ3v) is 5.13. The Labute approximate surface area is 150 Å². The molecule has 4 rings (SSSR count). The van der Waals surface area contributed by atoms with Gasteiger partial charge in [-0.2, -0.15) is 0 Å². The van der Waals surface area contributed by atoms with E-state index in [0.29, 0.717) is 11.1 Å². The molecule has 1 aliphatic heterocycles. The number of rotatable bonds is 4. The molecular formula is C19H17N3O2S. The number of hydrogen-bond acceptors (Lipinski definition) is 5. The van der Waals surface area contributed by atoms with Crippen LogP contribution in [0.1, 0.15) is 12.5 Å². The monoisotopic (exact) mass is 351 g/mol. The van der Waals surface area contributed by atoms with Gasteiger partial charge >= 0.3 is 0 Å². The summed E-state index contributed by atoms with van der Waals surface area (Å²) in [6.45, 7) is 2.60. The summed E-state index contributed by atoms with van der Waals surface area (Å²) in [7, 11) is 0. The van der Waals surface area contributed by atoms with E-state index < -0.39 is 0 Å². The quantitative estimate of drug-likeness (QED) is 0.669. The summed E-state index contributed by atoms with van der Waals surface area (Å²) in [5.74, 6) is 0.531. The van der Waals surface area contributed by atoms with Crippen molar-refractivity contribution in [3.05, 3.63) is 60.2 Å². The molecule has 0 unspecified atom stereocenters. The summed E-state index contributed by atoms with van der Waals surface area (Å²) in [5.41, 5.74) is 3.10. The van der Waals surface area contributed by atoms with E-state index in [1.807, 2.05) is 60.4 Å². The van der Waals surface area contributed by atoms with Gasteiger partial charge in [-0.25, -0.2) is 0 Å². The lowest BCUT2D eigenvalue weighted by atomic mass is 10.2. The second kappa shape index (κ2) is 6.72. The van der Waals surface area contributed by atoms with Crippen molar-refractivity contribution in [3.8, 4) is 11.5 Å². The lowest BCUT2D eigenvalue weighted by Gasteiger charge is -2.20. The Morgan fingerprint density at radius 2 is 1.88 bits per heavy atom. The second-order valence-electron chi connectivity index (χ2n) is 5.87. The number of amides is 1. The average molecular weight is 351 g/mol. The van der Waals surface area contributed by atoms with Gasteiger partial charge in [0.1, 0.15) is 0 Å². The standard InChI is InChI=1S/C19H17N3O2S/c1-13(18(23)22-12-11-14-7-5-6-10-16(14)22)25-19-21-20-17(24-19)15-8-3-2-4-9-15/h2-10,13H,11-12H2,1H3/t13-/m1/s1. The molecule has 25 heavy (non-hydrogen) atoms. The molecule has 1 aliphatic rings. The minimum atomic E-state index is -0.296. The molecule has 0 radical (unpaired) electrons.